The molecule has 0 spiro atoms. The molecule has 210 valence electrons. The predicted molar refractivity (Wildman–Crippen MR) is 156 cm³/mol. The number of hydrogen-bond acceptors (Lipinski definition) is 6. The van der Waals surface area contributed by atoms with Gasteiger partial charge in [0.25, 0.3) is 5.91 Å². The van der Waals surface area contributed by atoms with Gasteiger partial charge in [0, 0.05) is 36.9 Å². The molecule has 9 heteroatoms. The van der Waals surface area contributed by atoms with Crippen LogP contribution in [-0.4, -0.2) is 52.5 Å². The van der Waals surface area contributed by atoms with Gasteiger partial charge in [-0.2, -0.15) is 0 Å². The van der Waals surface area contributed by atoms with Crippen LogP contribution in [0.2, 0.25) is 5.02 Å². The van der Waals surface area contributed by atoms with Crippen molar-refractivity contribution in [3.05, 3.63) is 75.9 Å². The fourth-order valence-electron chi connectivity index (χ4n) is 5.12. The summed E-state index contributed by atoms with van der Waals surface area (Å²) in [5.74, 6) is 0.122. The second-order valence-corrected chi connectivity index (χ2v) is 12.0. The number of carbonyl (C=O) groups is 2. The maximum atomic E-state index is 13.3. The number of hydrogen-bond donors (Lipinski definition) is 2. The van der Waals surface area contributed by atoms with Gasteiger partial charge in [-0.15, -0.1) is 0 Å². The van der Waals surface area contributed by atoms with E-state index in [-0.39, 0.29) is 35.9 Å². The third-order valence-corrected chi connectivity index (χ3v) is 7.80. The van der Waals surface area contributed by atoms with Crippen molar-refractivity contribution >= 4 is 29.4 Å². The van der Waals surface area contributed by atoms with Crippen molar-refractivity contribution in [2.24, 2.45) is 0 Å². The SMILES string of the molecule is C[C@@H](NC(=O)CN1Cc2ccc(-c3nc(NC4CCOCC4)ncc3Cl)cc2C1=O)c1cccc(C(C)(C)C)c1. The van der Waals surface area contributed by atoms with E-state index in [2.05, 4.69) is 53.5 Å². The Hall–Kier alpha value is -3.49. The molecule has 3 heterocycles. The molecule has 2 N–H and O–H groups in total. The van der Waals surface area contributed by atoms with Crippen molar-refractivity contribution in [2.45, 2.75) is 64.6 Å². The lowest BCUT2D eigenvalue weighted by molar-refractivity contribution is -0.122. The summed E-state index contributed by atoms with van der Waals surface area (Å²) in [6.07, 6.45) is 3.36. The average molecular weight is 562 g/mol. The molecule has 3 aromatic rings. The van der Waals surface area contributed by atoms with Crippen LogP contribution in [0.25, 0.3) is 11.3 Å². The van der Waals surface area contributed by atoms with Crippen molar-refractivity contribution in [2.75, 3.05) is 25.1 Å². The molecule has 1 fully saturated rings. The standard InChI is InChI=1S/C31H36ClN5O3/c1-19(20-6-5-7-23(14-20)31(2,3)4)34-27(38)18-37-17-22-9-8-21(15-25(22)29(37)39)28-26(32)16-33-30(36-28)35-24-10-12-40-13-11-24/h5-9,14-16,19,24H,10-13,17-18H2,1-4H3,(H,34,38)(H,33,35,36)/t19-/m1/s1. The van der Waals surface area contributed by atoms with Crippen LogP contribution in [0, 0.1) is 0 Å². The van der Waals surface area contributed by atoms with E-state index in [0.29, 0.717) is 42.0 Å². The second kappa shape index (κ2) is 11.6. The van der Waals surface area contributed by atoms with Gasteiger partial charge in [-0.25, -0.2) is 9.97 Å². The van der Waals surface area contributed by atoms with Crippen LogP contribution in [0.15, 0.2) is 48.7 Å². The van der Waals surface area contributed by atoms with Gasteiger partial charge in [0.05, 0.1) is 23.0 Å². The van der Waals surface area contributed by atoms with Crippen LogP contribution < -0.4 is 10.6 Å². The third-order valence-electron chi connectivity index (χ3n) is 7.53. The van der Waals surface area contributed by atoms with E-state index >= 15 is 0 Å². The van der Waals surface area contributed by atoms with Gasteiger partial charge in [0.2, 0.25) is 11.9 Å². The highest BCUT2D eigenvalue weighted by molar-refractivity contribution is 6.33. The molecule has 5 rings (SSSR count). The topological polar surface area (TPSA) is 96.5 Å². The lowest BCUT2D eigenvalue weighted by atomic mass is 9.85. The number of ether oxygens (including phenoxy) is 1. The van der Waals surface area contributed by atoms with E-state index < -0.39 is 0 Å². The summed E-state index contributed by atoms with van der Waals surface area (Å²) < 4.78 is 5.43. The van der Waals surface area contributed by atoms with E-state index in [1.165, 1.54) is 5.56 Å². The molecule has 1 saturated heterocycles. The zero-order chi connectivity index (χ0) is 28.4. The molecule has 0 radical (unpaired) electrons. The summed E-state index contributed by atoms with van der Waals surface area (Å²) in [5.41, 5.74) is 4.99. The van der Waals surface area contributed by atoms with E-state index in [0.717, 1.165) is 29.5 Å². The van der Waals surface area contributed by atoms with E-state index in [9.17, 15) is 9.59 Å². The molecular weight excluding hydrogens is 526 g/mol. The lowest BCUT2D eigenvalue weighted by Gasteiger charge is -2.23. The average Bonchev–Trinajstić information content (AvgIpc) is 3.24. The van der Waals surface area contributed by atoms with Gasteiger partial charge in [-0.3, -0.25) is 9.59 Å². The minimum absolute atomic E-state index is 0.0143. The highest BCUT2D eigenvalue weighted by atomic mass is 35.5. The minimum Gasteiger partial charge on any atom is -0.381 e. The maximum absolute atomic E-state index is 13.3. The van der Waals surface area contributed by atoms with Crippen LogP contribution in [-0.2, 0) is 21.5 Å². The van der Waals surface area contributed by atoms with Crippen LogP contribution in [0.1, 0.15) is 73.6 Å². The first kappa shape index (κ1) is 28.1. The summed E-state index contributed by atoms with van der Waals surface area (Å²) >= 11 is 6.47. The molecular formula is C31H36ClN5O3. The molecule has 2 aromatic carbocycles. The zero-order valence-corrected chi connectivity index (χ0v) is 24.2. The first-order valence-corrected chi connectivity index (χ1v) is 14.2. The second-order valence-electron chi connectivity index (χ2n) is 11.6. The molecule has 8 nitrogen and oxygen atoms in total. The minimum atomic E-state index is -0.197. The van der Waals surface area contributed by atoms with E-state index in [1.54, 1.807) is 11.1 Å². The van der Waals surface area contributed by atoms with Gasteiger partial charge in [-0.1, -0.05) is 68.8 Å². The molecule has 1 atom stereocenters. The van der Waals surface area contributed by atoms with Gasteiger partial charge < -0.3 is 20.3 Å². The molecule has 2 aliphatic heterocycles. The fourth-order valence-corrected chi connectivity index (χ4v) is 5.32. The monoisotopic (exact) mass is 561 g/mol. The van der Waals surface area contributed by atoms with Crippen molar-refractivity contribution in [3.8, 4) is 11.3 Å². The Labute approximate surface area is 240 Å². The number of benzene rings is 2. The highest BCUT2D eigenvalue weighted by Crippen LogP contribution is 2.32. The molecule has 2 amide bonds. The zero-order valence-electron chi connectivity index (χ0n) is 23.5. The molecule has 2 aliphatic rings. The van der Waals surface area contributed by atoms with Crippen LogP contribution >= 0.6 is 11.6 Å². The summed E-state index contributed by atoms with van der Waals surface area (Å²) in [6, 6.07) is 14.0. The van der Waals surface area contributed by atoms with Crippen molar-refractivity contribution < 1.29 is 14.3 Å². The lowest BCUT2D eigenvalue weighted by Crippen LogP contribution is -2.38. The number of rotatable bonds is 7. The maximum Gasteiger partial charge on any atom is 0.254 e. The first-order valence-electron chi connectivity index (χ1n) is 13.8. The number of fused-ring (bicyclic) bond motifs is 1. The van der Waals surface area contributed by atoms with Crippen molar-refractivity contribution in [1.29, 1.82) is 0 Å². The number of aromatic nitrogens is 2. The number of amides is 2. The Bertz CT molecular complexity index is 1410. The summed E-state index contributed by atoms with van der Waals surface area (Å²) in [6.45, 7) is 10.2. The Morgan fingerprint density at radius 3 is 2.70 bits per heavy atom. The van der Waals surface area contributed by atoms with E-state index in [4.69, 9.17) is 16.3 Å². The van der Waals surface area contributed by atoms with Crippen LogP contribution in [0.4, 0.5) is 5.95 Å². The fraction of sp³-hybridized carbons (Fsp3) is 0.419. The van der Waals surface area contributed by atoms with Crippen LogP contribution in [0.5, 0.6) is 0 Å². The first-order chi connectivity index (χ1) is 19.1. The van der Waals surface area contributed by atoms with Gasteiger partial charge in [-0.05, 0) is 47.9 Å². The summed E-state index contributed by atoms with van der Waals surface area (Å²) in [7, 11) is 0. The third kappa shape index (κ3) is 6.29. The quantitative estimate of drug-likeness (QED) is 0.394. The molecule has 0 aliphatic carbocycles. The van der Waals surface area contributed by atoms with Gasteiger partial charge in [0.15, 0.2) is 0 Å². The number of nitrogens with one attached hydrogen (secondary N) is 2. The highest BCUT2D eigenvalue weighted by Gasteiger charge is 2.30. The molecule has 0 unspecified atom stereocenters. The number of carbonyl (C=O) groups excluding carboxylic acids is 2. The predicted octanol–water partition coefficient (Wildman–Crippen LogP) is 5.52. The van der Waals surface area contributed by atoms with Gasteiger partial charge >= 0.3 is 0 Å². The Morgan fingerprint density at radius 2 is 1.95 bits per heavy atom. The Kier molecular flexibility index (Phi) is 8.10. The molecule has 1 aromatic heterocycles. The number of halogens is 1. The van der Waals surface area contributed by atoms with Crippen molar-refractivity contribution in [3.63, 3.8) is 0 Å². The summed E-state index contributed by atoms with van der Waals surface area (Å²) in [5, 5.41) is 6.82. The molecule has 40 heavy (non-hydrogen) atoms. The number of anilines is 1. The Balaban J connectivity index is 1.25. The smallest absolute Gasteiger partial charge is 0.254 e. The summed E-state index contributed by atoms with van der Waals surface area (Å²) in [4.78, 5) is 36.8. The van der Waals surface area contributed by atoms with Crippen LogP contribution in [0.3, 0.4) is 0 Å². The molecule has 0 bridgehead atoms. The van der Waals surface area contributed by atoms with Gasteiger partial charge in [0.1, 0.15) is 6.54 Å². The largest absolute Gasteiger partial charge is 0.381 e. The van der Waals surface area contributed by atoms with Crippen molar-refractivity contribution in [1.82, 2.24) is 20.2 Å². The Morgan fingerprint density at radius 1 is 1.18 bits per heavy atom. The molecule has 0 saturated carbocycles. The normalized spacial score (nSPS) is 16.5. The van der Waals surface area contributed by atoms with E-state index in [1.807, 2.05) is 37.3 Å². The number of nitrogens with zero attached hydrogens (tertiary/aromatic N) is 3.